The van der Waals surface area contributed by atoms with Crippen LogP contribution in [0.15, 0.2) is 77.9 Å². The van der Waals surface area contributed by atoms with Crippen molar-refractivity contribution in [2.24, 2.45) is 4.99 Å². The van der Waals surface area contributed by atoms with Gasteiger partial charge in [-0.1, -0.05) is 42.5 Å². The van der Waals surface area contributed by atoms with E-state index in [0.717, 1.165) is 16.8 Å². The van der Waals surface area contributed by atoms with E-state index in [9.17, 15) is 4.39 Å². The van der Waals surface area contributed by atoms with E-state index in [4.69, 9.17) is 0 Å². The molecule has 0 aliphatic carbocycles. The third kappa shape index (κ3) is 6.02. The lowest BCUT2D eigenvalue weighted by atomic mass is 10.1. The van der Waals surface area contributed by atoms with Gasteiger partial charge in [0.05, 0.1) is 5.69 Å². The lowest BCUT2D eigenvalue weighted by Crippen LogP contribution is -2.36. The van der Waals surface area contributed by atoms with Gasteiger partial charge in [0.25, 0.3) is 0 Å². The van der Waals surface area contributed by atoms with Crippen molar-refractivity contribution in [3.63, 3.8) is 0 Å². The first kappa shape index (κ1) is 20.8. The summed E-state index contributed by atoms with van der Waals surface area (Å²) in [6.45, 7) is 0.984. The van der Waals surface area contributed by atoms with E-state index in [1.165, 1.54) is 6.07 Å². The van der Waals surface area contributed by atoms with Gasteiger partial charge in [-0.2, -0.15) is 0 Å². The first-order valence-electron chi connectivity index (χ1n) is 8.44. The number of benzene rings is 2. The van der Waals surface area contributed by atoms with Crippen LogP contribution in [0.2, 0.25) is 0 Å². The predicted molar refractivity (Wildman–Crippen MR) is 119 cm³/mol. The summed E-state index contributed by atoms with van der Waals surface area (Å²) in [5, 5.41) is 6.38. The maximum absolute atomic E-state index is 13.7. The lowest BCUT2D eigenvalue weighted by Gasteiger charge is -2.13. The van der Waals surface area contributed by atoms with Gasteiger partial charge in [-0.25, -0.2) is 4.39 Å². The van der Waals surface area contributed by atoms with Gasteiger partial charge >= 0.3 is 0 Å². The second-order valence-electron chi connectivity index (χ2n) is 5.79. The van der Waals surface area contributed by atoms with Crippen LogP contribution in [0.1, 0.15) is 11.1 Å². The van der Waals surface area contributed by atoms with E-state index < -0.39 is 0 Å². The third-order valence-corrected chi connectivity index (χ3v) is 3.98. The van der Waals surface area contributed by atoms with E-state index in [0.29, 0.717) is 24.6 Å². The standard InChI is InChI=1S/C21H21FN4.HI/c1-23-21(26-15-18-8-2-3-10-19(18)22)25-14-16-7-6-9-17(13-16)20-11-4-5-12-24-20;/h2-13H,14-15H2,1H3,(H2,23,25,26);1H. The minimum atomic E-state index is -0.224. The van der Waals surface area contributed by atoms with E-state index >= 15 is 0 Å². The lowest BCUT2D eigenvalue weighted by molar-refractivity contribution is 0.604. The summed E-state index contributed by atoms with van der Waals surface area (Å²) < 4.78 is 13.7. The van der Waals surface area contributed by atoms with Crippen LogP contribution in [0.25, 0.3) is 11.3 Å². The Morgan fingerprint density at radius 2 is 1.74 bits per heavy atom. The van der Waals surface area contributed by atoms with Crippen molar-refractivity contribution in [2.75, 3.05) is 7.05 Å². The van der Waals surface area contributed by atoms with Crippen molar-refractivity contribution in [1.82, 2.24) is 15.6 Å². The molecule has 4 nitrogen and oxygen atoms in total. The Morgan fingerprint density at radius 1 is 0.963 bits per heavy atom. The summed E-state index contributed by atoms with van der Waals surface area (Å²) in [7, 11) is 1.70. The van der Waals surface area contributed by atoms with Crippen LogP contribution in [-0.4, -0.2) is 18.0 Å². The largest absolute Gasteiger partial charge is 0.352 e. The molecule has 0 amide bonds. The number of pyridine rings is 1. The maximum atomic E-state index is 13.7. The van der Waals surface area contributed by atoms with Gasteiger partial charge in [-0.05, 0) is 29.8 Å². The van der Waals surface area contributed by atoms with Crippen molar-refractivity contribution in [2.45, 2.75) is 13.1 Å². The number of halogens is 2. The molecular weight excluding hydrogens is 454 g/mol. The molecule has 1 heterocycles. The van der Waals surface area contributed by atoms with Crippen LogP contribution in [0.3, 0.4) is 0 Å². The van der Waals surface area contributed by atoms with Gasteiger partial charge < -0.3 is 10.6 Å². The molecule has 3 rings (SSSR count). The number of aliphatic imine (C=N–C) groups is 1. The predicted octanol–water partition coefficient (Wildman–Crippen LogP) is 4.37. The molecule has 0 spiro atoms. The van der Waals surface area contributed by atoms with E-state index in [1.807, 2.05) is 42.5 Å². The van der Waals surface area contributed by atoms with E-state index in [2.05, 4.69) is 26.7 Å². The van der Waals surface area contributed by atoms with E-state index in [-0.39, 0.29) is 29.8 Å². The van der Waals surface area contributed by atoms with Crippen molar-refractivity contribution in [1.29, 1.82) is 0 Å². The molecular formula is C21H22FIN4. The zero-order chi connectivity index (χ0) is 18.2. The molecule has 0 bridgehead atoms. The van der Waals surface area contributed by atoms with Crippen molar-refractivity contribution in [3.8, 4) is 11.3 Å². The molecule has 0 saturated heterocycles. The Bertz CT molecular complexity index is 884. The molecule has 0 radical (unpaired) electrons. The smallest absolute Gasteiger partial charge is 0.191 e. The molecule has 0 aliphatic heterocycles. The van der Waals surface area contributed by atoms with Gasteiger partial charge in [-0.15, -0.1) is 24.0 Å². The summed E-state index contributed by atoms with van der Waals surface area (Å²) in [5.41, 5.74) is 3.73. The van der Waals surface area contributed by atoms with Crippen molar-refractivity contribution >= 4 is 29.9 Å². The summed E-state index contributed by atoms with van der Waals surface area (Å²) >= 11 is 0. The Hall–Kier alpha value is -2.48. The molecule has 0 atom stereocenters. The van der Waals surface area contributed by atoms with Gasteiger partial charge in [0, 0.05) is 37.5 Å². The third-order valence-electron chi connectivity index (χ3n) is 3.98. The summed E-state index contributed by atoms with van der Waals surface area (Å²) in [6.07, 6.45) is 1.79. The summed E-state index contributed by atoms with van der Waals surface area (Å²) in [5.74, 6) is 0.398. The van der Waals surface area contributed by atoms with Crippen LogP contribution in [0, 0.1) is 5.82 Å². The molecule has 3 aromatic rings. The zero-order valence-electron chi connectivity index (χ0n) is 15.0. The highest BCUT2D eigenvalue weighted by molar-refractivity contribution is 14.0. The van der Waals surface area contributed by atoms with Gasteiger partial charge in [0.2, 0.25) is 0 Å². The topological polar surface area (TPSA) is 49.3 Å². The fourth-order valence-electron chi connectivity index (χ4n) is 2.60. The van der Waals surface area contributed by atoms with Gasteiger partial charge in [-0.3, -0.25) is 9.98 Å². The molecule has 0 unspecified atom stereocenters. The molecule has 0 aliphatic rings. The highest BCUT2D eigenvalue weighted by Crippen LogP contribution is 2.17. The number of guanidine groups is 1. The minimum absolute atomic E-state index is 0. The minimum Gasteiger partial charge on any atom is -0.352 e. The Morgan fingerprint density at radius 3 is 2.48 bits per heavy atom. The highest BCUT2D eigenvalue weighted by Gasteiger charge is 2.04. The van der Waals surface area contributed by atoms with Crippen LogP contribution in [-0.2, 0) is 13.1 Å². The van der Waals surface area contributed by atoms with Crippen LogP contribution in [0.4, 0.5) is 4.39 Å². The number of hydrogen-bond donors (Lipinski definition) is 2. The SMILES string of the molecule is CN=C(NCc1cccc(-c2ccccn2)c1)NCc1ccccc1F.I. The quantitative estimate of drug-likeness (QED) is 0.327. The van der Waals surface area contributed by atoms with Crippen LogP contribution < -0.4 is 10.6 Å². The van der Waals surface area contributed by atoms with Crippen molar-refractivity contribution < 1.29 is 4.39 Å². The average Bonchev–Trinajstić information content (AvgIpc) is 2.70. The number of hydrogen-bond acceptors (Lipinski definition) is 2. The second-order valence-corrected chi connectivity index (χ2v) is 5.79. The molecule has 2 N–H and O–H groups in total. The van der Waals surface area contributed by atoms with Crippen molar-refractivity contribution in [3.05, 3.63) is 89.9 Å². The number of aromatic nitrogens is 1. The van der Waals surface area contributed by atoms with Gasteiger partial charge in [0.1, 0.15) is 5.82 Å². The van der Waals surface area contributed by atoms with Gasteiger partial charge in [0.15, 0.2) is 5.96 Å². The molecule has 0 fully saturated rings. The fourth-order valence-corrected chi connectivity index (χ4v) is 2.60. The Labute approximate surface area is 176 Å². The zero-order valence-corrected chi connectivity index (χ0v) is 17.4. The first-order valence-corrected chi connectivity index (χ1v) is 8.44. The van der Waals surface area contributed by atoms with Crippen LogP contribution in [0.5, 0.6) is 0 Å². The Balaban J connectivity index is 0.00000261. The monoisotopic (exact) mass is 476 g/mol. The highest BCUT2D eigenvalue weighted by atomic mass is 127. The molecule has 2 aromatic carbocycles. The number of nitrogens with one attached hydrogen (secondary N) is 2. The fraction of sp³-hybridized carbons (Fsp3) is 0.143. The average molecular weight is 476 g/mol. The molecule has 6 heteroatoms. The van der Waals surface area contributed by atoms with E-state index in [1.54, 1.807) is 25.4 Å². The number of nitrogens with zero attached hydrogens (tertiary/aromatic N) is 2. The molecule has 27 heavy (non-hydrogen) atoms. The number of rotatable bonds is 5. The first-order chi connectivity index (χ1) is 12.8. The molecule has 140 valence electrons. The van der Waals surface area contributed by atoms with Crippen LogP contribution >= 0.6 is 24.0 Å². The molecule has 1 aromatic heterocycles. The molecule has 0 saturated carbocycles. The maximum Gasteiger partial charge on any atom is 0.191 e. The normalized spacial score (nSPS) is 10.8. The Kier molecular flexibility index (Phi) is 8.19. The summed E-state index contributed by atoms with van der Waals surface area (Å²) in [6, 6.07) is 20.8. The summed E-state index contributed by atoms with van der Waals surface area (Å²) in [4.78, 5) is 8.57. The second kappa shape index (κ2) is 10.6.